The van der Waals surface area contributed by atoms with Crippen molar-refractivity contribution in [2.75, 3.05) is 11.1 Å². The summed E-state index contributed by atoms with van der Waals surface area (Å²) in [6.45, 7) is 0. The molecule has 0 bridgehead atoms. The molecule has 3 N–H and O–H groups in total. The van der Waals surface area contributed by atoms with Crippen LogP contribution in [-0.2, 0) is 0 Å². The molecule has 7 rings (SSSR count). The molecule has 0 atom stereocenters. The summed E-state index contributed by atoms with van der Waals surface area (Å²) in [6.07, 6.45) is 1.58. The van der Waals surface area contributed by atoms with Gasteiger partial charge in [-0.1, -0.05) is 72.8 Å². The van der Waals surface area contributed by atoms with Crippen molar-refractivity contribution < 1.29 is 18.4 Å². The van der Waals surface area contributed by atoms with Crippen LogP contribution < -0.4 is 15.7 Å². The number of carbonyl (C=O) groups is 1. The van der Waals surface area contributed by atoms with Gasteiger partial charge in [-0.25, -0.2) is 9.37 Å². The number of benzene rings is 4. The minimum atomic E-state index is -0.459. The van der Waals surface area contributed by atoms with Crippen LogP contribution in [0.5, 0.6) is 0 Å². The Labute approximate surface area is 237 Å². The number of rotatable bonds is 5. The molecule has 7 aromatic rings. The van der Waals surface area contributed by atoms with E-state index in [1.54, 1.807) is 12.3 Å². The molecule has 0 unspecified atom stereocenters. The van der Waals surface area contributed by atoms with Crippen molar-refractivity contribution in [3.05, 3.63) is 120 Å². The van der Waals surface area contributed by atoms with Crippen LogP contribution in [0.1, 0.15) is 9.67 Å². The van der Waals surface area contributed by atoms with E-state index < -0.39 is 5.91 Å². The lowest BCUT2D eigenvalue weighted by Crippen LogP contribution is -2.31. The molecule has 3 aromatic heterocycles. The number of carbonyl (C=O) groups excluding carboxylic acids is 1. The second-order valence-corrected chi connectivity index (χ2v) is 10.4. The lowest BCUT2D eigenvalue weighted by Gasteiger charge is -2.11. The second kappa shape index (κ2) is 9.96. The smallest absolute Gasteiger partial charge is 0.303 e. The molecule has 0 saturated carbocycles. The van der Waals surface area contributed by atoms with E-state index in [0.717, 1.165) is 22.0 Å². The molecule has 0 fully saturated rings. The van der Waals surface area contributed by atoms with Gasteiger partial charge in [-0.05, 0) is 44.8 Å². The number of nitrogen functional groups attached to an aromatic ring is 1. The molecule has 7 nitrogen and oxygen atoms in total. The average Bonchev–Trinajstić information content (AvgIpc) is 3.61. The van der Waals surface area contributed by atoms with Gasteiger partial charge in [0.15, 0.2) is 0 Å². The van der Waals surface area contributed by atoms with Crippen LogP contribution >= 0.6 is 11.3 Å². The first-order valence-corrected chi connectivity index (χ1v) is 13.6. The van der Waals surface area contributed by atoms with Gasteiger partial charge in [-0.3, -0.25) is 14.6 Å². The Morgan fingerprint density at radius 2 is 1.68 bits per heavy atom. The summed E-state index contributed by atoms with van der Waals surface area (Å²) in [5, 5.41) is 9.42. The van der Waals surface area contributed by atoms with Gasteiger partial charge in [-0.2, -0.15) is 0 Å². The van der Waals surface area contributed by atoms with Crippen LogP contribution in [0.25, 0.3) is 49.1 Å². The van der Waals surface area contributed by atoms with Crippen molar-refractivity contribution in [1.82, 2.24) is 10.3 Å². The van der Waals surface area contributed by atoms with Gasteiger partial charge < -0.3 is 5.73 Å². The Morgan fingerprint density at radius 1 is 0.902 bits per heavy atom. The Kier molecular flexibility index (Phi) is 5.98. The number of thiophene rings is 1. The Morgan fingerprint density at radius 3 is 2.54 bits per heavy atom. The summed E-state index contributed by atoms with van der Waals surface area (Å²) in [5.74, 6) is -0.674. The number of amides is 1. The molecule has 1 amide bonds. The maximum atomic E-state index is 14.4. The van der Waals surface area contributed by atoms with Gasteiger partial charge in [0.2, 0.25) is 11.0 Å². The number of halogens is 1. The highest BCUT2D eigenvalue weighted by Crippen LogP contribution is 2.42. The first-order valence-electron chi connectivity index (χ1n) is 12.8. The lowest BCUT2D eigenvalue weighted by molar-refractivity contribution is -0.670. The second-order valence-electron chi connectivity index (χ2n) is 9.42. The fourth-order valence-corrected chi connectivity index (χ4v) is 5.95. The number of fused-ring (bicyclic) bond motifs is 2. The van der Waals surface area contributed by atoms with Crippen molar-refractivity contribution in [3.63, 3.8) is 0 Å². The minimum Gasteiger partial charge on any atom is -0.397 e. The zero-order valence-corrected chi connectivity index (χ0v) is 22.2. The van der Waals surface area contributed by atoms with Crippen LogP contribution in [0.3, 0.4) is 0 Å². The van der Waals surface area contributed by atoms with Crippen molar-refractivity contribution in [1.29, 1.82) is 0 Å². The topological polar surface area (TPSA) is 97.9 Å². The lowest BCUT2D eigenvalue weighted by atomic mass is 9.97. The normalized spacial score (nSPS) is 11.2. The number of anilines is 2. The van der Waals surface area contributed by atoms with E-state index in [1.807, 2.05) is 84.9 Å². The van der Waals surface area contributed by atoms with Crippen molar-refractivity contribution in [3.8, 4) is 28.1 Å². The van der Waals surface area contributed by atoms with Gasteiger partial charge in [-0.15, -0.1) is 11.3 Å². The zero-order valence-electron chi connectivity index (χ0n) is 21.4. The number of pyridine rings is 1. The molecule has 198 valence electrons. The van der Waals surface area contributed by atoms with Crippen molar-refractivity contribution in [2.45, 2.75) is 0 Å². The van der Waals surface area contributed by atoms with Gasteiger partial charge in [0, 0.05) is 23.1 Å². The molecule has 3 heterocycles. The predicted molar refractivity (Wildman–Crippen MR) is 158 cm³/mol. The third-order valence-electron chi connectivity index (χ3n) is 6.83. The molecule has 4 aromatic carbocycles. The van der Waals surface area contributed by atoms with Crippen LogP contribution in [0.15, 0.2) is 114 Å². The van der Waals surface area contributed by atoms with Crippen molar-refractivity contribution in [2.24, 2.45) is 0 Å². The number of hydrogen-bond acceptors (Lipinski definition) is 6. The summed E-state index contributed by atoms with van der Waals surface area (Å²) < 4.78 is 21.2. The van der Waals surface area contributed by atoms with Gasteiger partial charge in [0.1, 0.15) is 15.5 Å². The fraction of sp³-hybridized carbons (Fsp3) is 0. The maximum absolute atomic E-state index is 14.4. The van der Waals surface area contributed by atoms with Gasteiger partial charge >= 0.3 is 5.88 Å². The summed E-state index contributed by atoms with van der Waals surface area (Å²) in [7, 11) is 0. The van der Waals surface area contributed by atoms with Crippen LogP contribution in [0.4, 0.5) is 16.0 Å². The van der Waals surface area contributed by atoms with E-state index in [0.29, 0.717) is 27.0 Å². The predicted octanol–water partition coefficient (Wildman–Crippen LogP) is 7.02. The van der Waals surface area contributed by atoms with E-state index >= 15 is 0 Å². The molecule has 0 aliphatic rings. The largest absolute Gasteiger partial charge is 0.397 e. The summed E-state index contributed by atoms with van der Waals surface area (Å²) in [4.78, 5) is 19.2. The van der Waals surface area contributed by atoms with E-state index in [9.17, 15) is 9.18 Å². The van der Waals surface area contributed by atoms with Crippen LogP contribution in [-0.4, -0.2) is 16.2 Å². The fourth-order valence-electron chi connectivity index (χ4n) is 4.93. The Hall–Kier alpha value is -5.41. The zero-order chi connectivity index (χ0) is 27.9. The van der Waals surface area contributed by atoms with E-state index in [1.165, 1.54) is 28.2 Å². The quantitative estimate of drug-likeness (QED) is 0.221. The summed E-state index contributed by atoms with van der Waals surface area (Å²) in [6, 6.07) is 31.7. The molecular formula is C32H21FN5O2S+. The van der Waals surface area contributed by atoms with Gasteiger partial charge in [0.25, 0.3) is 12.1 Å². The number of nitrogens with one attached hydrogen (secondary N) is 1. The first kappa shape index (κ1) is 24.6. The molecular weight excluding hydrogens is 537 g/mol. The Balaban J connectivity index is 1.35. The highest BCUT2D eigenvalue weighted by atomic mass is 32.1. The van der Waals surface area contributed by atoms with Gasteiger partial charge in [0.05, 0.1) is 11.4 Å². The third kappa shape index (κ3) is 4.48. The standard InChI is InChI=1S/C32H20FN5O2S/c33-21-11-6-10-20(16-21)25-17-26(24-15-7-9-19-8-4-5-14-23(19)24)35-32-28(25)29(34)30(41-32)31(39)36-27-18-38(37-40-27)22-12-2-1-3-13-22/h1-18H,(H2-,34,36,37,39)/p+1. The SMILES string of the molecule is Nc1c(C(=O)Nc2c[n+](-c3ccccc3)no2)sc2nc(-c3cccc4ccccc34)cc(-c3cccc(F)c3)c12. The average molecular weight is 559 g/mol. The third-order valence-corrected chi connectivity index (χ3v) is 7.93. The molecule has 0 saturated heterocycles. The number of nitrogens with two attached hydrogens (primary N) is 1. The Bertz CT molecular complexity index is 2080. The number of hydrogen-bond donors (Lipinski definition) is 2. The van der Waals surface area contributed by atoms with E-state index in [2.05, 4.69) is 10.6 Å². The van der Waals surface area contributed by atoms with Crippen LogP contribution in [0.2, 0.25) is 0 Å². The van der Waals surface area contributed by atoms with E-state index in [4.69, 9.17) is 15.2 Å². The highest BCUT2D eigenvalue weighted by molar-refractivity contribution is 7.21. The monoisotopic (exact) mass is 558 g/mol. The van der Waals surface area contributed by atoms with Crippen molar-refractivity contribution >= 4 is 49.8 Å². The minimum absolute atomic E-state index is 0.158. The molecule has 0 radical (unpaired) electrons. The molecule has 0 aliphatic heterocycles. The first-order chi connectivity index (χ1) is 20.0. The molecule has 41 heavy (non-hydrogen) atoms. The number of para-hydroxylation sites is 1. The molecule has 0 aliphatic carbocycles. The summed E-state index contributed by atoms with van der Waals surface area (Å²) >= 11 is 1.17. The maximum Gasteiger partial charge on any atom is 0.303 e. The number of aromatic nitrogens is 3. The van der Waals surface area contributed by atoms with E-state index in [-0.39, 0.29) is 22.3 Å². The molecule has 9 heteroatoms. The molecule has 0 spiro atoms. The highest BCUT2D eigenvalue weighted by Gasteiger charge is 2.24. The van der Waals surface area contributed by atoms with Crippen LogP contribution in [0, 0.1) is 5.82 Å². The summed E-state index contributed by atoms with van der Waals surface area (Å²) in [5.41, 5.74) is 10.6. The number of nitrogens with zero attached hydrogens (tertiary/aromatic N) is 3.